The van der Waals surface area contributed by atoms with Gasteiger partial charge in [0.15, 0.2) is 23.1 Å². The molecule has 0 aromatic heterocycles. The number of rotatable bonds is 6. The topological polar surface area (TPSA) is 126 Å². The van der Waals surface area contributed by atoms with Crippen molar-refractivity contribution in [2.75, 3.05) is 12.1 Å². The normalized spacial score (nSPS) is 13.2. The number of nitrogens with one attached hydrogen (secondary N) is 2. The van der Waals surface area contributed by atoms with Gasteiger partial charge in [-0.25, -0.2) is 14.7 Å². The number of anilines is 1. The van der Waals surface area contributed by atoms with Crippen LogP contribution in [-0.2, 0) is 9.53 Å². The Morgan fingerprint density at radius 2 is 2.00 bits per heavy atom. The minimum atomic E-state index is -0.971. The highest BCUT2D eigenvalue weighted by atomic mass is 19.1. The van der Waals surface area contributed by atoms with Crippen LogP contribution in [-0.4, -0.2) is 29.1 Å². The Morgan fingerprint density at radius 1 is 1.21 bits per heavy atom. The molecule has 0 spiro atoms. The minimum absolute atomic E-state index is 0.00615. The van der Waals surface area contributed by atoms with Crippen molar-refractivity contribution in [2.24, 2.45) is 0 Å². The Hall–Kier alpha value is -3.79. The van der Waals surface area contributed by atoms with Gasteiger partial charge in [0.2, 0.25) is 6.79 Å². The number of ether oxygens (including phenoxy) is 3. The lowest BCUT2D eigenvalue weighted by Crippen LogP contribution is -2.18. The summed E-state index contributed by atoms with van der Waals surface area (Å²) in [4.78, 5) is 23.4. The van der Waals surface area contributed by atoms with Gasteiger partial charge in [-0.2, -0.15) is 0 Å². The number of phenolic OH excluding ortho intramolecular Hbond substituents is 1. The number of halogens is 1. The molecule has 0 saturated heterocycles. The van der Waals surface area contributed by atoms with Gasteiger partial charge in [-0.1, -0.05) is 12.1 Å². The summed E-state index contributed by atoms with van der Waals surface area (Å²) in [5, 5.41) is 20.4. The number of fused-ring (bicyclic) bond motifs is 1. The van der Waals surface area contributed by atoms with Crippen molar-refractivity contribution in [1.82, 2.24) is 5.48 Å². The minimum Gasteiger partial charge on any atom is -0.505 e. The van der Waals surface area contributed by atoms with Crippen molar-refractivity contribution >= 4 is 17.7 Å². The molecule has 2 aromatic rings. The van der Waals surface area contributed by atoms with Crippen LogP contribution >= 0.6 is 0 Å². The van der Waals surface area contributed by atoms with E-state index in [9.17, 15) is 19.1 Å². The Labute approximate surface area is 164 Å². The predicted molar refractivity (Wildman–Crippen MR) is 97.2 cm³/mol. The van der Waals surface area contributed by atoms with Gasteiger partial charge < -0.3 is 19.3 Å². The molecule has 0 saturated carbocycles. The largest absolute Gasteiger partial charge is 0.505 e. The van der Waals surface area contributed by atoms with Crippen molar-refractivity contribution in [2.45, 2.75) is 12.5 Å². The Kier molecular flexibility index (Phi) is 6.15. The van der Waals surface area contributed by atoms with E-state index in [1.54, 1.807) is 18.2 Å². The van der Waals surface area contributed by atoms with Crippen molar-refractivity contribution in [1.29, 1.82) is 0 Å². The molecule has 1 aliphatic heterocycles. The van der Waals surface area contributed by atoms with Gasteiger partial charge in [0.25, 0.3) is 5.91 Å². The molecule has 2 amide bonds. The van der Waals surface area contributed by atoms with Gasteiger partial charge in [0, 0.05) is 24.3 Å². The summed E-state index contributed by atoms with van der Waals surface area (Å²) < 4.78 is 29.5. The number of hydrogen-bond donors (Lipinski definition) is 4. The lowest BCUT2D eigenvalue weighted by Gasteiger charge is -2.18. The summed E-state index contributed by atoms with van der Waals surface area (Å²) in [6.45, 7) is 0.0888. The van der Waals surface area contributed by atoms with Crippen LogP contribution < -0.4 is 20.3 Å². The average molecular weight is 404 g/mol. The third kappa shape index (κ3) is 5.14. The van der Waals surface area contributed by atoms with Gasteiger partial charge in [-0.05, 0) is 29.8 Å². The third-order valence-electron chi connectivity index (χ3n) is 3.94. The summed E-state index contributed by atoms with van der Waals surface area (Å²) in [6, 6.07) is 8.31. The van der Waals surface area contributed by atoms with E-state index in [2.05, 4.69) is 5.32 Å². The fourth-order valence-electron chi connectivity index (χ4n) is 2.56. The van der Waals surface area contributed by atoms with Gasteiger partial charge >= 0.3 is 6.09 Å². The van der Waals surface area contributed by atoms with Crippen LogP contribution in [0, 0.1) is 5.82 Å². The number of hydroxylamine groups is 1. The zero-order valence-corrected chi connectivity index (χ0v) is 14.9. The van der Waals surface area contributed by atoms with Crippen molar-refractivity contribution in [3.05, 3.63) is 59.9 Å². The first kappa shape index (κ1) is 20.0. The van der Waals surface area contributed by atoms with E-state index in [0.29, 0.717) is 17.2 Å². The number of amides is 2. The maximum Gasteiger partial charge on any atom is 0.412 e. The van der Waals surface area contributed by atoms with E-state index in [1.165, 1.54) is 17.6 Å². The molecule has 3 rings (SSSR count). The fraction of sp³-hybridized carbons (Fsp3) is 0.158. The number of carbonyl (C=O) groups is 2. The Morgan fingerprint density at radius 3 is 2.76 bits per heavy atom. The molecule has 4 N–H and O–H groups in total. The molecular formula is C19H17FN2O7. The van der Waals surface area contributed by atoms with Crippen molar-refractivity contribution in [3.63, 3.8) is 0 Å². The summed E-state index contributed by atoms with van der Waals surface area (Å²) in [5.41, 5.74) is 2.08. The fourth-order valence-corrected chi connectivity index (χ4v) is 2.56. The maximum absolute atomic E-state index is 13.7. The molecule has 2 aromatic carbocycles. The summed E-state index contributed by atoms with van der Waals surface area (Å²) >= 11 is 0. The maximum atomic E-state index is 13.7. The Bertz CT molecular complexity index is 948. The molecule has 1 atom stereocenters. The van der Waals surface area contributed by atoms with Crippen molar-refractivity contribution in [3.8, 4) is 17.2 Å². The van der Waals surface area contributed by atoms with Crippen LogP contribution in [0.5, 0.6) is 17.2 Å². The molecule has 10 heteroatoms. The summed E-state index contributed by atoms with van der Waals surface area (Å²) in [6.07, 6.45) is 0.577. The number of aromatic hydroxyl groups is 1. The second-order valence-electron chi connectivity index (χ2n) is 5.91. The molecule has 0 aliphatic carbocycles. The van der Waals surface area contributed by atoms with Gasteiger partial charge in [0.05, 0.1) is 0 Å². The summed E-state index contributed by atoms with van der Waals surface area (Å²) in [5.74, 6) is -1.19. The average Bonchev–Trinajstić information content (AvgIpc) is 3.17. The zero-order valence-electron chi connectivity index (χ0n) is 14.9. The molecule has 0 unspecified atom stereocenters. The first-order valence-corrected chi connectivity index (χ1v) is 8.42. The number of hydrogen-bond acceptors (Lipinski definition) is 7. The van der Waals surface area contributed by atoms with Crippen molar-refractivity contribution < 1.29 is 38.5 Å². The van der Waals surface area contributed by atoms with Crippen LogP contribution in [0.2, 0.25) is 0 Å². The molecule has 1 heterocycles. The van der Waals surface area contributed by atoms with Crippen LogP contribution in [0.1, 0.15) is 18.1 Å². The first-order valence-electron chi connectivity index (χ1n) is 8.42. The van der Waals surface area contributed by atoms with Gasteiger partial charge in [-0.15, -0.1) is 0 Å². The molecule has 9 nitrogen and oxygen atoms in total. The lowest BCUT2D eigenvalue weighted by atomic mass is 10.1. The molecule has 29 heavy (non-hydrogen) atoms. The van der Waals surface area contributed by atoms with E-state index >= 15 is 0 Å². The quantitative estimate of drug-likeness (QED) is 0.331. The summed E-state index contributed by atoms with van der Waals surface area (Å²) in [7, 11) is 0. The third-order valence-corrected chi connectivity index (χ3v) is 3.94. The first-order chi connectivity index (χ1) is 14.0. The van der Waals surface area contributed by atoms with Crippen LogP contribution in [0.3, 0.4) is 0 Å². The smallest absolute Gasteiger partial charge is 0.412 e. The number of benzene rings is 2. The lowest BCUT2D eigenvalue weighted by molar-refractivity contribution is -0.124. The predicted octanol–water partition coefficient (Wildman–Crippen LogP) is 3.00. The highest BCUT2D eigenvalue weighted by molar-refractivity contribution is 5.86. The molecule has 0 bridgehead atoms. The highest BCUT2D eigenvalue weighted by Gasteiger charge is 2.19. The van der Waals surface area contributed by atoms with E-state index < -0.39 is 29.7 Å². The zero-order chi connectivity index (χ0) is 20.8. The SMILES string of the molecule is O=C(/C=C/C[C@H](OC(=O)Nc1ccc2c(c1)OCO2)c1ccc(O)c(F)c1)NO. The van der Waals surface area contributed by atoms with Crippen LogP contribution in [0.4, 0.5) is 14.9 Å². The van der Waals surface area contributed by atoms with E-state index in [4.69, 9.17) is 19.4 Å². The highest BCUT2D eigenvalue weighted by Crippen LogP contribution is 2.34. The second-order valence-corrected chi connectivity index (χ2v) is 5.91. The monoisotopic (exact) mass is 404 g/mol. The second kappa shape index (κ2) is 8.93. The Balaban J connectivity index is 1.72. The van der Waals surface area contributed by atoms with E-state index in [0.717, 1.165) is 18.2 Å². The molecular weight excluding hydrogens is 387 g/mol. The molecule has 0 radical (unpaired) electrons. The molecule has 1 aliphatic rings. The van der Waals surface area contributed by atoms with E-state index in [-0.39, 0.29) is 18.8 Å². The van der Waals surface area contributed by atoms with E-state index in [1.807, 2.05) is 0 Å². The number of phenols is 1. The van der Waals surface area contributed by atoms with Gasteiger partial charge in [-0.3, -0.25) is 15.3 Å². The standard InChI is InChI=1S/C19H17FN2O7/c20-13-8-11(4-6-14(13)23)15(2-1-3-18(24)22-26)29-19(25)21-12-5-7-16-17(9-12)28-10-27-16/h1,3-9,15,23,26H,2,10H2,(H,21,25)(H,22,24)/b3-1+/t15-/m0/s1. The molecule has 0 fully saturated rings. The molecule has 152 valence electrons. The van der Waals surface area contributed by atoms with Crippen LogP contribution in [0.15, 0.2) is 48.6 Å². The van der Waals surface area contributed by atoms with Crippen LogP contribution in [0.25, 0.3) is 0 Å². The number of carbonyl (C=O) groups excluding carboxylic acids is 2. The van der Waals surface area contributed by atoms with Gasteiger partial charge in [0.1, 0.15) is 6.10 Å².